The second kappa shape index (κ2) is 11.3. The van der Waals surface area contributed by atoms with Crippen molar-refractivity contribution in [2.24, 2.45) is 5.92 Å². The van der Waals surface area contributed by atoms with Gasteiger partial charge in [0.1, 0.15) is 0 Å². The number of unbranched alkanes of at least 4 members (excludes halogenated alkanes) is 1. The summed E-state index contributed by atoms with van der Waals surface area (Å²) in [6, 6.07) is 7.76. The van der Waals surface area contributed by atoms with Gasteiger partial charge in [0.2, 0.25) is 0 Å². The molecule has 2 N–H and O–H groups in total. The number of methoxy groups -OCH3 is 1. The Hall–Kier alpha value is -3.73. The topological polar surface area (TPSA) is 129 Å². The lowest BCUT2D eigenvalue weighted by Crippen LogP contribution is -2.38. The van der Waals surface area contributed by atoms with Crippen LogP contribution < -0.4 is 15.2 Å². The highest BCUT2D eigenvalue weighted by Crippen LogP contribution is 2.29. The monoisotopic (exact) mass is 521 g/mol. The minimum Gasteiger partial charge on any atom is -0.468 e. The van der Waals surface area contributed by atoms with Crippen molar-refractivity contribution in [3.8, 4) is 12.0 Å². The van der Waals surface area contributed by atoms with E-state index in [4.69, 9.17) is 15.2 Å². The average molecular weight is 522 g/mol. The first-order valence-corrected chi connectivity index (χ1v) is 13.4. The van der Waals surface area contributed by atoms with Gasteiger partial charge >= 0.3 is 6.01 Å². The van der Waals surface area contributed by atoms with Crippen LogP contribution in [0.25, 0.3) is 11.2 Å². The maximum absolute atomic E-state index is 12.6. The summed E-state index contributed by atoms with van der Waals surface area (Å²) in [5.41, 5.74) is 8.33. The first kappa shape index (κ1) is 25.9. The predicted octanol–water partition coefficient (Wildman–Crippen LogP) is 2.99. The number of rotatable bonds is 11. The highest BCUT2D eigenvalue weighted by Gasteiger charge is 2.34. The first-order chi connectivity index (χ1) is 18.5. The van der Waals surface area contributed by atoms with Gasteiger partial charge in [-0.2, -0.15) is 15.0 Å². The minimum absolute atomic E-state index is 0.186. The van der Waals surface area contributed by atoms with Gasteiger partial charge in [-0.1, -0.05) is 25.5 Å². The number of nitrogens with two attached hydrogens (primary N) is 1. The number of nitrogen functional groups attached to an aromatic ring is 1. The van der Waals surface area contributed by atoms with E-state index in [-0.39, 0.29) is 23.6 Å². The number of amides is 2. The number of aromatic nitrogens is 4. The third-order valence-corrected chi connectivity index (χ3v) is 7.36. The predicted molar refractivity (Wildman–Crippen MR) is 142 cm³/mol. The van der Waals surface area contributed by atoms with E-state index < -0.39 is 0 Å². The maximum atomic E-state index is 12.6. The van der Waals surface area contributed by atoms with Gasteiger partial charge in [-0.15, -0.1) is 0 Å². The van der Waals surface area contributed by atoms with Gasteiger partial charge in [-0.05, 0) is 63.4 Å². The van der Waals surface area contributed by atoms with E-state index in [9.17, 15) is 9.59 Å². The van der Waals surface area contributed by atoms with Crippen LogP contribution in [0.1, 0.15) is 59.7 Å². The number of fused-ring (bicyclic) bond motifs is 2. The van der Waals surface area contributed by atoms with E-state index in [1.807, 2.05) is 4.57 Å². The number of hydrogen-bond donors (Lipinski definition) is 1. The van der Waals surface area contributed by atoms with Crippen LogP contribution in [0.2, 0.25) is 0 Å². The van der Waals surface area contributed by atoms with Crippen molar-refractivity contribution in [2.75, 3.05) is 45.6 Å². The standard InChI is InChI=1S/C27H35N7O4/c1-3-4-16-38-26-30-22(28)21-23(31-26)34(27(29-21)37-2)17-18-10-14-32(15-11-18)12-7-13-33-24(35)19-8-5-6-9-20(19)25(33)36/h5-6,8-9,18H,3-4,7,10-17H2,1-2H3,(H2,28,30,31). The third-order valence-electron chi connectivity index (χ3n) is 7.36. The lowest BCUT2D eigenvalue weighted by atomic mass is 9.96. The second-order valence-corrected chi connectivity index (χ2v) is 9.92. The molecule has 11 nitrogen and oxygen atoms in total. The normalized spacial score (nSPS) is 16.4. The van der Waals surface area contributed by atoms with E-state index in [0.717, 1.165) is 51.7 Å². The number of likely N-dealkylation sites (tertiary alicyclic amines) is 1. The summed E-state index contributed by atoms with van der Waals surface area (Å²) in [5, 5.41) is 0. The number of carbonyl (C=O) groups excluding carboxylic acids is 2. The molecule has 11 heteroatoms. The highest BCUT2D eigenvalue weighted by atomic mass is 16.5. The minimum atomic E-state index is -0.186. The van der Waals surface area contributed by atoms with Gasteiger partial charge in [0, 0.05) is 13.1 Å². The van der Waals surface area contributed by atoms with E-state index >= 15 is 0 Å². The van der Waals surface area contributed by atoms with Crippen LogP contribution in [0.3, 0.4) is 0 Å². The van der Waals surface area contributed by atoms with Crippen molar-refractivity contribution in [3.63, 3.8) is 0 Å². The summed E-state index contributed by atoms with van der Waals surface area (Å²) in [6.45, 7) is 6.54. The number of piperidine rings is 1. The molecule has 2 amide bonds. The molecule has 0 spiro atoms. The van der Waals surface area contributed by atoms with Gasteiger partial charge < -0.3 is 20.1 Å². The summed E-state index contributed by atoms with van der Waals surface area (Å²) in [4.78, 5) is 42.3. The van der Waals surface area contributed by atoms with Gasteiger partial charge in [-0.25, -0.2) is 0 Å². The van der Waals surface area contributed by atoms with Gasteiger partial charge in [0.25, 0.3) is 17.8 Å². The highest BCUT2D eigenvalue weighted by molar-refractivity contribution is 6.21. The van der Waals surface area contributed by atoms with E-state index in [1.54, 1.807) is 31.4 Å². The van der Waals surface area contributed by atoms with Crippen LogP contribution in [0.5, 0.6) is 12.0 Å². The Morgan fingerprint density at radius 1 is 1.00 bits per heavy atom. The lowest BCUT2D eigenvalue weighted by molar-refractivity contribution is 0.0644. The summed E-state index contributed by atoms with van der Waals surface area (Å²) >= 11 is 0. The zero-order valence-corrected chi connectivity index (χ0v) is 22.1. The fraction of sp³-hybridized carbons (Fsp3) is 0.519. The molecule has 202 valence electrons. The molecule has 0 saturated carbocycles. The quantitative estimate of drug-likeness (QED) is 0.299. The van der Waals surface area contributed by atoms with Crippen molar-refractivity contribution >= 4 is 28.8 Å². The van der Waals surface area contributed by atoms with Crippen molar-refractivity contribution < 1.29 is 19.1 Å². The van der Waals surface area contributed by atoms with Gasteiger partial charge in [0.05, 0.1) is 24.8 Å². The molecule has 0 atom stereocenters. The zero-order chi connectivity index (χ0) is 26.6. The summed E-state index contributed by atoms with van der Waals surface area (Å²) < 4.78 is 13.2. The number of imide groups is 1. The Bertz CT molecular complexity index is 1280. The van der Waals surface area contributed by atoms with Crippen LogP contribution in [0, 0.1) is 5.92 Å². The molecule has 2 aliphatic rings. The number of ether oxygens (including phenoxy) is 2. The first-order valence-electron chi connectivity index (χ1n) is 13.4. The van der Waals surface area contributed by atoms with Crippen LogP contribution in [-0.4, -0.2) is 81.0 Å². The van der Waals surface area contributed by atoms with Crippen molar-refractivity contribution in [1.82, 2.24) is 29.3 Å². The van der Waals surface area contributed by atoms with Crippen LogP contribution >= 0.6 is 0 Å². The molecular weight excluding hydrogens is 486 g/mol. The Labute approximate surface area is 221 Å². The van der Waals surface area contributed by atoms with E-state index in [1.165, 1.54) is 4.90 Å². The van der Waals surface area contributed by atoms with Gasteiger partial charge in [-0.3, -0.25) is 19.1 Å². The smallest absolute Gasteiger partial charge is 0.320 e. The molecular formula is C27H35N7O4. The van der Waals surface area contributed by atoms with Crippen LogP contribution in [0.15, 0.2) is 24.3 Å². The zero-order valence-electron chi connectivity index (χ0n) is 22.1. The summed E-state index contributed by atoms with van der Waals surface area (Å²) in [5.74, 6) is 0.337. The average Bonchev–Trinajstić information content (AvgIpc) is 3.40. The number of carbonyl (C=O) groups is 2. The Balaban J connectivity index is 1.16. The second-order valence-electron chi connectivity index (χ2n) is 9.92. The van der Waals surface area contributed by atoms with Crippen molar-refractivity contribution in [1.29, 1.82) is 0 Å². The molecule has 1 saturated heterocycles. The number of nitrogens with zero attached hydrogens (tertiary/aromatic N) is 6. The number of benzene rings is 1. The fourth-order valence-electron chi connectivity index (χ4n) is 5.22. The molecule has 1 aromatic carbocycles. The molecule has 4 heterocycles. The summed E-state index contributed by atoms with van der Waals surface area (Å²) in [6.07, 6.45) is 4.71. The Morgan fingerprint density at radius 2 is 1.71 bits per heavy atom. The molecule has 0 bridgehead atoms. The van der Waals surface area contributed by atoms with E-state index in [0.29, 0.717) is 53.9 Å². The Kier molecular flexibility index (Phi) is 7.73. The number of anilines is 1. The number of imidazole rings is 1. The molecule has 2 aromatic heterocycles. The van der Waals surface area contributed by atoms with Gasteiger partial charge in [0.15, 0.2) is 17.0 Å². The molecule has 2 aliphatic heterocycles. The van der Waals surface area contributed by atoms with Crippen molar-refractivity contribution in [2.45, 2.75) is 45.6 Å². The van der Waals surface area contributed by atoms with E-state index in [2.05, 4.69) is 26.8 Å². The molecule has 3 aromatic rings. The SMILES string of the molecule is CCCCOc1nc(N)c2nc(OC)n(CC3CCN(CCCN4C(=O)c5ccccc5C4=O)CC3)c2n1. The van der Waals surface area contributed by atoms with Crippen molar-refractivity contribution in [3.05, 3.63) is 35.4 Å². The molecule has 0 radical (unpaired) electrons. The fourth-order valence-corrected chi connectivity index (χ4v) is 5.22. The van der Waals surface area contributed by atoms with Crippen LogP contribution in [-0.2, 0) is 6.54 Å². The van der Waals surface area contributed by atoms with Crippen LogP contribution in [0.4, 0.5) is 5.82 Å². The molecule has 0 unspecified atom stereocenters. The third kappa shape index (κ3) is 5.15. The summed E-state index contributed by atoms with van der Waals surface area (Å²) in [7, 11) is 1.59. The Morgan fingerprint density at radius 3 is 2.37 bits per heavy atom. The molecule has 5 rings (SSSR count). The molecule has 1 fully saturated rings. The molecule has 38 heavy (non-hydrogen) atoms. The number of hydrogen-bond acceptors (Lipinski definition) is 9. The molecule has 0 aliphatic carbocycles. The maximum Gasteiger partial charge on any atom is 0.320 e. The largest absolute Gasteiger partial charge is 0.468 e. The lowest BCUT2D eigenvalue weighted by Gasteiger charge is -2.32.